The summed E-state index contributed by atoms with van der Waals surface area (Å²) in [6.07, 6.45) is 0. The predicted octanol–water partition coefficient (Wildman–Crippen LogP) is 1.65. The highest BCUT2D eigenvalue weighted by Crippen LogP contribution is 2.35. The fourth-order valence-electron chi connectivity index (χ4n) is 1.07. The lowest BCUT2D eigenvalue weighted by molar-refractivity contribution is -0.385. The van der Waals surface area contributed by atoms with Gasteiger partial charge in [0.05, 0.1) is 4.92 Å². The Hall–Kier alpha value is -1.78. The Morgan fingerprint density at radius 2 is 2.15 bits per heavy atom. The average molecular weight is 182 g/mol. The minimum Gasteiger partial charge on any atom is -0.502 e. The number of aromatic hydroxyl groups is 1. The first kappa shape index (κ1) is 9.31. The molecule has 1 rings (SSSR count). The molecule has 13 heavy (non-hydrogen) atoms. The van der Waals surface area contributed by atoms with E-state index in [-0.39, 0.29) is 11.4 Å². The molecule has 0 spiro atoms. The van der Waals surface area contributed by atoms with Crippen molar-refractivity contribution in [3.63, 3.8) is 0 Å². The molecule has 70 valence electrons. The number of hydrogen-bond donors (Lipinski definition) is 2. The van der Waals surface area contributed by atoms with Gasteiger partial charge in [-0.1, -0.05) is 6.07 Å². The highest BCUT2D eigenvalue weighted by atomic mass is 16.6. The number of nitro groups is 1. The Morgan fingerprint density at radius 3 is 2.62 bits per heavy atom. The molecule has 0 saturated heterocycles. The summed E-state index contributed by atoms with van der Waals surface area (Å²) in [6, 6.07) is 3.18. The van der Waals surface area contributed by atoms with Crippen molar-refractivity contribution >= 4 is 11.4 Å². The van der Waals surface area contributed by atoms with E-state index >= 15 is 0 Å². The summed E-state index contributed by atoms with van der Waals surface area (Å²) in [5.74, 6) is -0.281. The van der Waals surface area contributed by atoms with Crippen LogP contribution in [0.25, 0.3) is 0 Å². The summed E-state index contributed by atoms with van der Waals surface area (Å²) in [5.41, 5.74) is 0.529. The summed E-state index contributed by atoms with van der Waals surface area (Å²) < 4.78 is 0. The maximum atomic E-state index is 10.6. The second-order valence-corrected chi connectivity index (χ2v) is 2.63. The monoisotopic (exact) mass is 182 g/mol. The smallest absolute Gasteiger partial charge is 0.333 e. The third kappa shape index (κ3) is 1.53. The van der Waals surface area contributed by atoms with Crippen LogP contribution in [0, 0.1) is 17.0 Å². The zero-order valence-corrected chi connectivity index (χ0v) is 7.37. The summed E-state index contributed by atoms with van der Waals surface area (Å²) in [7, 11) is 1.57. The van der Waals surface area contributed by atoms with Gasteiger partial charge in [-0.15, -0.1) is 0 Å². The lowest BCUT2D eigenvalue weighted by atomic mass is 10.1. The largest absolute Gasteiger partial charge is 0.502 e. The molecule has 1 aromatic rings. The van der Waals surface area contributed by atoms with Gasteiger partial charge in [-0.2, -0.15) is 0 Å². The van der Waals surface area contributed by atoms with Crippen LogP contribution in [0.4, 0.5) is 11.4 Å². The minimum absolute atomic E-state index is 0.275. The van der Waals surface area contributed by atoms with E-state index in [1.54, 1.807) is 26.1 Å². The van der Waals surface area contributed by atoms with Crippen molar-refractivity contribution in [1.29, 1.82) is 0 Å². The summed E-state index contributed by atoms with van der Waals surface area (Å²) in [4.78, 5) is 9.96. The van der Waals surface area contributed by atoms with E-state index in [1.165, 1.54) is 0 Å². The van der Waals surface area contributed by atoms with Gasteiger partial charge in [0, 0.05) is 7.05 Å². The lowest BCUT2D eigenvalue weighted by Crippen LogP contribution is -1.97. The minimum atomic E-state index is -0.603. The van der Waals surface area contributed by atoms with Crippen LogP contribution in [0.2, 0.25) is 0 Å². The molecule has 0 aliphatic carbocycles. The van der Waals surface area contributed by atoms with Gasteiger partial charge < -0.3 is 10.4 Å². The summed E-state index contributed by atoms with van der Waals surface area (Å²) in [5, 5.41) is 22.6. The van der Waals surface area contributed by atoms with Crippen molar-refractivity contribution in [2.75, 3.05) is 12.4 Å². The van der Waals surface area contributed by atoms with Gasteiger partial charge in [-0.3, -0.25) is 10.1 Å². The van der Waals surface area contributed by atoms with Crippen LogP contribution in [0.5, 0.6) is 5.75 Å². The van der Waals surface area contributed by atoms with Crippen molar-refractivity contribution in [3.05, 3.63) is 27.8 Å². The van der Waals surface area contributed by atoms with E-state index in [2.05, 4.69) is 5.32 Å². The van der Waals surface area contributed by atoms with Gasteiger partial charge in [0.15, 0.2) is 5.75 Å². The highest BCUT2D eigenvalue weighted by Gasteiger charge is 2.20. The number of hydrogen-bond acceptors (Lipinski definition) is 4. The van der Waals surface area contributed by atoms with E-state index in [9.17, 15) is 15.2 Å². The average Bonchev–Trinajstić information content (AvgIpc) is 2.08. The summed E-state index contributed by atoms with van der Waals surface area (Å²) >= 11 is 0. The molecule has 0 aromatic heterocycles. The Morgan fingerprint density at radius 1 is 1.54 bits per heavy atom. The number of phenols is 1. The zero-order valence-electron chi connectivity index (χ0n) is 7.37. The number of phenolic OH excluding ortho intramolecular Hbond substituents is 1. The predicted molar refractivity (Wildman–Crippen MR) is 49.0 cm³/mol. The molecule has 0 aliphatic heterocycles. The molecule has 5 nitrogen and oxygen atoms in total. The first-order valence-corrected chi connectivity index (χ1v) is 3.72. The second kappa shape index (κ2) is 3.30. The number of nitro benzene ring substituents is 1. The molecule has 0 fully saturated rings. The number of nitrogens with zero attached hydrogens (tertiary/aromatic N) is 1. The molecular formula is C8H10N2O3. The van der Waals surface area contributed by atoms with E-state index in [4.69, 9.17) is 0 Å². The van der Waals surface area contributed by atoms with Gasteiger partial charge in [0.25, 0.3) is 0 Å². The topological polar surface area (TPSA) is 75.4 Å². The quantitative estimate of drug-likeness (QED) is 0.538. The number of benzene rings is 1. The first-order chi connectivity index (χ1) is 6.07. The summed E-state index contributed by atoms with van der Waals surface area (Å²) in [6.45, 7) is 1.61. The third-order valence-corrected chi connectivity index (χ3v) is 1.80. The molecule has 0 radical (unpaired) electrons. The lowest BCUT2D eigenvalue weighted by Gasteiger charge is -2.04. The first-order valence-electron chi connectivity index (χ1n) is 3.72. The van der Waals surface area contributed by atoms with Crippen LogP contribution >= 0.6 is 0 Å². The molecule has 1 aromatic carbocycles. The molecule has 0 saturated carbocycles. The molecule has 0 heterocycles. The number of anilines is 1. The van der Waals surface area contributed by atoms with Crippen molar-refractivity contribution in [2.24, 2.45) is 0 Å². The normalized spacial score (nSPS) is 9.69. The van der Waals surface area contributed by atoms with Crippen molar-refractivity contribution < 1.29 is 10.0 Å². The number of rotatable bonds is 2. The van der Waals surface area contributed by atoms with Crippen LogP contribution in [0.3, 0.4) is 0 Å². The highest BCUT2D eigenvalue weighted by molar-refractivity contribution is 5.69. The molecule has 0 bridgehead atoms. The number of nitrogens with one attached hydrogen (secondary N) is 1. The second-order valence-electron chi connectivity index (χ2n) is 2.63. The molecule has 5 heteroatoms. The van der Waals surface area contributed by atoms with Gasteiger partial charge in [-0.25, -0.2) is 0 Å². The molecule has 2 N–H and O–H groups in total. The zero-order chi connectivity index (χ0) is 10.0. The molecule has 0 unspecified atom stereocenters. The standard InChI is InChI=1S/C8H10N2O3/c1-5-3-4-6(9-2)7(8(5)11)10(12)13/h3-4,9,11H,1-2H3. The van der Waals surface area contributed by atoms with Gasteiger partial charge in [0.1, 0.15) is 5.69 Å². The van der Waals surface area contributed by atoms with E-state index < -0.39 is 4.92 Å². The van der Waals surface area contributed by atoms with Crippen LogP contribution in [0.15, 0.2) is 12.1 Å². The van der Waals surface area contributed by atoms with Crippen LogP contribution in [0.1, 0.15) is 5.56 Å². The van der Waals surface area contributed by atoms with Crippen LogP contribution in [-0.2, 0) is 0 Å². The fraction of sp³-hybridized carbons (Fsp3) is 0.250. The van der Waals surface area contributed by atoms with Crippen LogP contribution in [-0.4, -0.2) is 17.1 Å². The Bertz CT molecular complexity index is 349. The molecular weight excluding hydrogens is 172 g/mol. The maximum Gasteiger partial charge on any atom is 0.333 e. The SMILES string of the molecule is CNc1ccc(C)c(O)c1[N+](=O)[O-]. The Labute approximate surface area is 75.2 Å². The van der Waals surface area contributed by atoms with Gasteiger partial charge in [0.2, 0.25) is 0 Å². The Balaban J connectivity index is 3.41. The van der Waals surface area contributed by atoms with Crippen LogP contribution < -0.4 is 5.32 Å². The third-order valence-electron chi connectivity index (χ3n) is 1.80. The maximum absolute atomic E-state index is 10.6. The van der Waals surface area contributed by atoms with E-state index in [0.29, 0.717) is 11.3 Å². The molecule has 0 atom stereocenters. The van der Waals surface area contributed by atoms with Crippen molar-refractivity contribution in [1.82, 2.24) is 0 Å². The van der Waals surface area contributed by atoms with E-state index in [1.807, 2.05) is 0 Å². The van der Waals surface area contributed by atoms with Gasteiger partial charge in [-0.05, 0) is 18.6 Å². The van der Waals surface area contributed by atoms with Gasteiger partial charge >= 0.3 is 5.69 Å². The fourth-order valence-corrected chi connectivity index (χ4v) is 1.07. The molecule has 0 aliphatic rings. The number of aryl methyl sites for hydroxylation is 1. The van der Waals surface area contributed by atoms with E-state index in [0.717, 1.165) is 0 Å². The van der Waals surface area contributed by atoms with Crippen molar-refractivity contribution in [3.8, 4) is 5.75 Å². The van der Waals surface area contributed by atoms with Crippen molar-refractivity contribution in [2.45, 2.75) is 6.92 Å². The molecule has 0 amide bonds. The Kier molecular flexibility index (Phi) is 2.36.